The maximum atomic E-state index is 11.4. The summed E-state index contributed by atoms with van der Waals surface area (Å²) in [6.45, 7) is 2.71. The number of carbonyl (C=O) groups excluding carboxylic acids is 1. The van der Waals surface area contributed by atoms with Crippen LogP contribution in [-0.2, 0) is 11.3 Å². The zero-order valence-corrected chi connectivity index (χ0v) is 11.7. The van der Waals surface area contributed by atoms with E-state index in [0.717, 1.165) is 0 Å². The number of aromatic hydroxyl groups is 1. The number of ether oxygens (including phenoxy) is 1. The van der Waals surface area contributed by atoms with Crippen molar-refractivity contribution in [2.24, 2.45) is 0 Å². The van der Waals surface area contributed by atoms with Crippen LogP contribution in [0.2, 0.25) is 0 Å². The fourth-order valence-electron chi connectivity index (χ4n) is 2.31. The normalized spacial score (nSPS) is 15.8. The van der Waals surface area contributed by atoms with E-state index in [9.17, 15) is 20.0 Å². The molecule has 2 rings (SSSR count). The van der Waals surface area contributed by atoms with Crippen LogP contribution in [0.1, 0.15) is 5.56 Å². The van der Waals surface area contributed by atoms with Gasteiger partial charge in [0.1, 0.15) is 0 Å². The van der Waals surface area contributed by atoms with Crippen molar-refractivity contribution >= 4 is 11.8 Å². The highest BCUT2D eigenvalue weighted by atomic mass is 16.6. The van der Waals surface area contributed by atoms with Gasteiger partial charge in [-0.1, -0.05) is 12.1 Å². The molecule has 1 aromatic rings. The van der Waals surface area contributed by atoms with Gasteiger partial charge in [-0.15, -0.1) is 0 Å². The fraction of sp³-hybridized carbons (Fsp3) is 0.462. The number of hydrogen-bond donors (Lipinski definition) is 1. The summed E-state index contributed by atoms with van der Waals surface area (Å²) in [5.41, 5.74) is 0.219. The SMILES string of the molecule is COC(=O)N1CCN(Cc2cccc([N+](=O)[O-])c2O)CC1. The minimum atomic E-state index is -0.603. The monoisotopic (exact) mass is 295 g/mol. The van der Waals surface area contributed by atoms with Gasteiger partial charge < -0.3 is 14.7 Å². The first-order chi connectivity index (χ1) is 10.0. The van der Waals surface area contributed by atoms with Crippen molar-refractivity contribution in [1.29, 1.82) is 0 Å². The molecular weight excluding hydrogens is 278 g/mol. The summed E-state index contributed by atoms with van der Waals surface area (Å²) >= 11 is 0. The summed E-state index contributed by atoms with van der Waals surface area (Å²) in [5.74, 6) is -0.294. The van der Waals surface area contributed by atoms with Gasteiger partial charge in [0.05, 0.1) is 12.0 Å². The lowest BCUT2D eigenvalue weighted by molar-refractivity contribution is -0.385. The largest absolute Gasteiger partial charge is 0.502 e. The Labute approximate surface area is 121 Å². The average Bonchev–Trinajstić information content (AvgIpc) is 2.49. The van der Waals surface area contributed by atoms with Gasteiger partial charge in [-0.25, -0.2) is 4.79 Å². The molecule has 0 atom stereocenters. The summed E-state index contributed by atoms with van der Waals surface area (Å²) in [6, 6.07) is 4.49. The maximum absolute atomic E-state index is 11.4. The number of nitro groups is 1. The molecule has 1 N–H and O–H groups in total. The first kappa shape index (κ1) is 15.0. The molecule has 0 saturated carbocycles. The Hall–Kier alpha value is -2.35. The number of amides is 1. The standard InChI is InChI=1S/C13H17N3O5/c1-21-13(18)15-7-5-14(6-8-15)9-10-3-2-4-11(12(10)17)16(19)20/h2-4,17H,5-9H2,1H3. The third-order valence-electron chi connectivity index (χ3n) is 3.49. The van der Waals surface area contributed by atoms with E-state index in [1.807, 2.05) is 4.90 Å². The number of hydrogen-bond acceptors (Lipinski definition) is 6. The Morgan fingerprint density at radius 2 is 2.05 bits per heavy atom. The Bertz CT molecular complexity index is 541. The third kappa shape index (κ3) is 3.40. The molecule has 1 aliphatic rings. The zero-order valence-electron chi connectivity index (χ0n) is 11.7. The Morgan fingerprint density at radius 1 is 1.38 bits per heavy atom. The van der Waals surface area contributed by atoms with Gasteiger partial charge in [0.15, 0.2) is 5.75 Å². The fourth-order valence-corrected chi connectivity index (χ4v) is 2.31. The van der Waals surface area contributed by atoms with Crippen LogP contribution >= 0.6 is 0 Å². The Balaban J connectivity index is 1.99. The second-order valence-corrected chi connectivity index (χ2v) is 4.78. The Kier molecular flexibility index (Phi) is 4.59. The molecule has 21 heavy (non-hydrogen) atoms. The highest BCUT2D eigenvalue weighted by molar-refractivity contribution is 5.67. The molecule has 8 nitrogen and oxygen atoms in total. The van der Waals surface area contributed by atoms with E-state index < -0.39 is 4.92 Å². The second kappa shape index (κ2) is 6.40. The minimum absolute atomic E-state index is 0.291. The molecule has 0 aromatic heterocycles. The molecule has 1 aliphatic heterocycles. The lowest BCUT2D eigenvalue weighted by atomic mass is 10.1. The topological polar surface area (TPSA) is 96.2 Å². The van der Waals surface area contributed by atoms with Gasteiger partial charge in [-0.3, -0.25) is 15.0 Å². The molecule has 0 aliphatic carbocycles. The summed E-state index contributed by atoms with van der Waals surface area (Å²) < 4.78 is 4.66. The average molecular weight is 295 g/mol. The molecule has 1 fully saturated rings. The predicted octanol–water partition coefficient (Wildman–Crippen LogP) is 1.18. The van der Waals surface area contributed by atoms with Crippen LogP contribution in [-0.4, -0.2) is 59.2 Å². The molecule has 1 amide bonds. The number of para-hydroxylation sites is 1. The summed E-state index contributed by atoms with van der Waals surface area (Å²) in [7, 11) is 1.34. The van der Waals surface area contributed by atoms with Crippen molar-refractivity contribution in [3.63, 3.8) is 0 Å². The van der Waals surface area contributed by atoms with Crippen molar-refractivity contribution < 1.29 is 19.6 Å². The molecule has 0 bridgehead atoms. The smallest absolute Gasteiger partial charge is 0.409 e. The molecule has 114 valence electrons. The van der Waals surface area contributed by atoms with Gasteiger partial charge in [0.25, 0.3) is 0 Å². The van der Waals surface area contributed by atoms with Crippen molar-refractivity contribution in [3.05, 3.63) is 33.9 Å². The van der Waals surface area contributed by atoms with E-state index in [4.69, 9.17) is 0 Å². The second-order valence-electron chi connectivity index (χ2n) is 4.78. The highest BCUT2D eigenvalue weighted by Gasteiger charge is 2.23. The van der Waals surface area contributed by atoms with Crippen LogP contribution in [0.3, 0.4) is 0 Å². The lowest BCUT2D eigenvalue weighted by Crippen LogP contribution is -2.48. The van der Waals surface area contributed by atoms with E-state index in [2.05, 4.69) is 4.74 Å². The first-order valence-corrected chi connectivity index (χ1v) is 6.53. The summed E-state index contributed by atoms with van der Waals surface area (Å²) in [6.07, 6.45) is -0.354. The van der Waals surface area contributed by atoms with Crippen molar-refractivity contribution in [1.82, 2.24) is 9.80 Å². The quantitative estimate of drug-likeness (QED) is 0.664. The van der Waals surface area contributed by atoms with E-state index in [1.165, 1.54) is 13.2 Å². The van der Waals surface area contributed by atoms with Gasteiger partial charge >= 0.3 is 11.8 Å². The molecule has 1 heterocycles. The molecule has 1 saturated heterocycles. The van der Waals surface area contributed by atoms with Gasteiger partial charge in [-0.2, -0.15) is 0 Å². The number of nitro benzene ring substituents is 1. The van der Waals surface area contributed by atoms with Gasteiger partial charge in [-0.05, 0) is 0 Å². The molecule has 0 spiro atoms. The molecule has 8 heteroatoms. The Morgan fingerprint density at radius 3 is 2.62 bits per heavy atom. The van der Waals surface area contributed by atoms with Crippen LogP contribution in [0.4, 0.5) is 10.5 Å². The van der Waals surface area contributed by atoms with E-state index in [-0.39, 0.29) is 17.5 Å². The van der Waals surface area contributed by atoms with Crippen LogP contribution in [0.25, 0.3) is 0 Å². The lowest BCUT2D eigenvalue weighted by Gasteiger charge is -2.33. The predicted molar refractivity (Wildman–Crippen MR) is 74.0 cm³/mol. The van der Waals surface area contributed by atoms with Crippen LogP contribution in [0.5, 0.6) is 5.75 Å². The number of nitrogens with zero attached hydrogens (tertiary/aromatic N) is 3. The van der Waals surface area contributed by atoms with E-state index >= 15 is 0 Å². The van der Waals surface area contributed by atoms with Crippen molar-refractivity contribution in [3.8, 4) is 5.75 Å². The zero-order chi connectivity index (χ0) is 15.4. The number of rotatable bonds is 3. The number of benzene rings is 1. The minimum Gasteiger partial charge on any atom is -0.502 e. The number of carbonyl (C=O) groups is 1. The van der Waals surface area contributed by atoms with E-state index in [0.29, 0.717) is 38.3 Å². The number of piperazine rings is 1. The van der Waals surface area contributed by atoms with Gasteiger partial charge in [0.2, 0.25) is 0 Å². The summed E-state index contributed by atoms with van der Waals surface area (Å²) in [4.78, 5) is 25.2. The van der Waals surface area contributed by atoms with Crippen molar-refractivity contribution in [2.75, 3.05) is 33.3 Å². The summed E-state index contributed by atoms with van der Waals surface area (Å²) in [5, 5.41) is 20.7. The number of phenols is 1. The third-order valence-corrected chi connectivity index (χ3v) is 3.49. The highest BCUT2D eigenvalue weighted by Crippen LogP contribution is 2.30. The van der Waals surface area contributed by atoms with Gasteiger partial charge in [0, 0.05) is 44.4 Å². The van der Waals surface area contributed by atoms with Crippen LogP contribution < -0.4 is 0 Å². The van der Waals surface area contributed by atoms with Crippen LogP contribution in [0.15, 0.2) is 18.2 Å². The molecule has 0 radical (unpaired) electrons. The first-order valence-electron chi connectivity index (χ1n) is 6.53. The van der Waals surface area contributed by atoms with Crippen LogP contribution in [0, 0.1) is 10.1 Å². The molecule has 0 unspecified atom stereocenters. The molecule has 1 aromatic carbocycles. The maximum Gasteiger partial charge on any atom is 0.409 e. The number of methoxy groups -OCH3 is 1. The van der Waals surface area contributed by atoms with Crippen molar-refractivity contribution in [2.45, 2.75) is 6.54 Å². The number of phenolic OH excluding ortho intramolecular Hbond substituents is 1. The van der Waals surface area contributed by atoms with E-state index in [1.54, 1.807) is 17.0 Å². The molecular formula is C13H17N3O5.